The highest BCUT2D eigenvalue weighted by Crippen LogP contribution is 2.46. The van der Waals surface area contributed by atoms with E-state index in [0.717, 1.165) is 0 Å². The lowest BCUT2D eigenvalue weighted by molar-refractivity contribution is 0.289. The van der Waals surface area contributed by atoms with Crippen LogP contribution in [0.3, 0.4) is 0 Å². The molecule has 1 atom stereocenters. The lowest BCUT2D eigenvalue weighted by Gasteiger charge is -2.35. The summed E-state index contributed by atoms with van der Waals surface area (Å²) in [5.74, 6) is 0. The van der Waals surface area contributed by atoms with Crippen LogP contribution in [0.25, 0.3) is 0 Å². The smallest absolute Gasteiger partial charge is 0.00728 e. The average Bonchev–Trinajstić information content (AvgIpc) is 2.45. The number of nitrogens with zero attached hydrogens (tertiary/aromatic N) is 1. The highest BCUT2D eigenvalue weighted by atomic mass is 15.1. The van der Waals surface area contributed by atoms with Crippen LogP contribution >= 0.6 is 0 Å². The first-order chi connectivity index (χ1) is 6.14. The number of hydrogen-bond donors (Lipinski definition) is 0. The first-order valence-electron chi connectivity index (χ1n) is 5.49. The monoisotopic (exact) mass is 179 g/mol. The zero-order valence-electron chi connectivity index (χ0n) is 9.19. The summed E-state index contributed by atoms with van der Waals surface area (Å²) in [5, 5.41) is 0. The van der Waals surface area contributed by atoms with Crippen LogP contribution in [0.15, 0.2) is 11.1 Å². The molecular formula is C12H21N. The minimum atomic E-state index is 0.580. The molecule has 0 aromatic heterocycles. The van der Waals surface area contributed by atoms with Gasteiger partial charge in [-0.25, -0.2) is 0 Å². The fraction of sp³-hybridized carbons (Fsp3) is 0.833. The Morgan fingerprint density at radius 1 is 1.23 bits per heavy atom. The molecule has 74 valence electrons. The normalized spacial score (nSPS) is 36.2. The Kier molecular flexibility index (Phi) is 2.23. The number of likely N-dealkylation sites (tertiary alicyclic amines) is 1. The molecule has 1 unspecified atom stereocenters. The van der Waals surface area contributed by atoms with Crippen LogP contribution in [0.4, 0.5) is 0 Å². The van der Waals surface area contributed by atoms with Crippen molar-refractivity contribution in [1.29, 1.82) is 0 Å². The second-order valence-corrected chi connectivity index (χ2v) is 5.03. The Morgan fingerprint density at radius 2 is 2.00 bits per heavy atom. The summed E-state index contributed by atoms with van der Waals surface area (Å²) in [6, 6.07) is 0. The van der Waals surface area contributed by atoms with Gasteiger partial charge in [-0.1, -0.05) is 11.1 Å². The molecule has 1 fully saturated rings. The lowest BCUT2D eigenvalue weighted by atomic mass is 9.70. The van der Waals surface area contributed by atoms with Gasteiger partial charge in [0.05, 0.1) is 0 Å². The molecule has 1 heterocycles. The van der Waals surface area contributed by atoms with Crippen LogP contribution in [-0.2, 0) is 0 Å². The molecule has 0 aromatic rings. The zero-order chi connectivity index (χ0) is 9.47. The average molecular weight is 179 g/mol. The third-order valence-corrected chi connectivity index (χ3v) is 4.19. The van der Waals surface area contributed by atoms with Crippen LogP contribution in [0.1, 0.15) is 39.5 Å². The quantitative estimate of drug-likeness (QED) is 0.517. The van der Waals surface area contributed by atoms with Gasteiger partial charge in [0.1, 0.15) is 0 Å². The molecule has 1 aliphatic carbocycles. The molecule has 0 amide bonds. The van der Waals surface area contributed by atoms with Crippen LogP contribution in [-0.4, -0.2) is 25.0 Å². The molecule has 0 N–H and O–H groups in total. The number of hydrogen-bond acceptors (Lipinski definition) is 1. The molecule has 1 heteroatoms. The van der Waals surface area contributed by atoms with E-state index in [1.54, 1.807) is 11.1 Å². The van der Waals surface area contributed by atoms with Gasteiger partial charge in [-0.05, 0) is 53.1 Å². The summed E-state index contributed by atoms with van der Waals surface area (Å²) in [5.41, 5.74) is 3.96. The van der Waals surface area contributed by atoms with Gasteiger partial charge in [0, 0.05) is 12.0 Å². The molecule has 0 saturated carbocycles. The topological polar surface area (TPSA) is 3.24 Å². The van der Waals surface area contributed by atoms with Gasteiger partial charge in [-0.15, -0.1) is 0 Å². The Balaban J connectivity index is 2.27. The van der Waals surface area contributed by atoms with Gasteiger partial charge < -0.3 is 4.90 Å². The standard InChI is InChI=1S/C12H21N/c1-10-5-4-6-12(11(10)2)7-8-13(3)9-12/h4-9H2,1-3H3. The van der Waals surface area contributed by atoms with Crippen molar-refractivity contribution in [1.82, 2.24) is 4.90 Å². The van der Waals surface area contributed by atoms with E-state index in [1.807, 2.05) is 0 Å². The van der Waals surface area contributed by atoms with Crippen molar-refractivity contribution in [3.05, 3.63) is 11.1 Å². The molecular weight excluding hydrogens is 158 g/mol. The predicted octanol–water partition coefficient (Wildman–Crippen LogP) is 2.83. The van der Waals surface area contributed by atoms with Gasteiger partial charge in [0.25, 0.3) is 0 Å². The second kappa shape index (κ2) is 3.13. The summed E-state index contributed by atoms with van der Waals surface area (Å²) in [7, 11) is 2.26. The van der Waals surface area contributed by atoms with Crippen molar-refractivity contribution in [2.45, 2.75) is 39.5 Å². The number of rotatable bonds is 0. The summed E-state index contributed by atoms with van der Waals surface area (Å²) in [4.78, 5) is 2.49. The van der Waals surface area contributed by atoms with E-state index >= 15 is 0 Å². The van der Waals surface area contributed by atoms with Crippen molar-refractivity contribution in [2.75, 3.05) is 20.1 Å². The summed E-state index contributed by atoms with van der Waals surface area (Å²) in [6.45, 7) is 7.29. The molecule has 0 aromatic carbocycles. The minimum Gasteiger partial charge on any atom is -0.305 e. The van der Waals surface area contributed by atoms with E-state index in [4.69, 9.17) is 0 Å². The van der Waals surface area contributed by atoms with Gasteiger partial charge in [-0.3, -0.25) is 0 Å². The molecule has 2 aliphatic rings. The first kappa shape index (κ1) is 9.26. The van der Waals surface area contributed by atoms with E-state index in [-0.39, 0.29) is 0 Å². The van der Waals surface area contributed by atoms with Gasteiger partial charge in [0.15, 0.2) is 0 Å². The SMILES string of the molecule is CC1=C(C)C2(CCC1)CCN(C)C2. The third-order valence-electron chi connectivity index (χ3n) is 4.19. The van der Waals surface area contributed by atoms with Crippen molar-refractivity contribution < 1.29 is 0 Å². The predicted molar refractivity (Wildman–Crippen MR) is 56.8 cm³/mol. The van der Waals surface area contributed by atoms with Crippen LogP contribution in [0.5, 0.6) is 0 Å². The summed E-state index contributed by atoms with van der Waals surface area (Å²) >= 11 is 0. The van der Waals surface area contributed by atoms with Gasteiger partial charge in [0.2, 0.25) is 0 Å². The molecule has 13 heavy (non-hydrogen) atoms. The van der Waals surface area contributed by atoms with Crippen molar-refractivity contribution >= 4 is 0 Å². The Morgan fingerprint density at radius 3 is 2.62 bits per heavy atom. The summed E-state index contributed by atoms with van der Waals surface area (Å²) < 4.78 is 0. The van der Waals surface area contributed by atoms with Gasteiger partial charge >= 0.3 is 0 Å². The molecule has 1 spiro atoms. The van der Waals surface area contributed by atoms with E-state index < -0.39 is 0 Å². The second-order valence-electron chi connectivity index (χ2n) is 5.03. The van der Waals surface area contributed by atoms with E-state index in [2.05, 4.69) is 25.8 Å². The highest BCUT2D eigenvalue weighted by molar-refractivity contribution is 5.24. The van der Waals surface area contributed by atoms with Crippen molar-refractivity contribution in [2.24, 2.45) is 5.41 Å². The molecule has 0 radical (unpaired) electrons. The molecule has 2 rings (SSSR count). The summed E-state index contributed by atoms with van der Waals surface area (Å²) in [6.07, 6.45) is 5.58. The Labute approximate surface area is 81.8 Å². The van der Waals surface area contributed by atoms with Crippen molar-refractivity contribution in [3.63, 3.8) is 0 Å². The fourth-order valence-corrected chi connectivity index (χ4v) is 3.11. The van der Waals surface area contributed by atoms with E-state index in [9.17, 15) is 0 Å². The third kappa shape index (κ3) is 1.43. The van der Waals surface area contributed by atoms with E-state index in [0.29, 0.717) is 5.41 Å². The fourth-order valence-electron chi connectivity index (χ4n) is 3.11. The first-order valence-corrected chi connectivity index (χ1v) is 5.49. The molecule has 1 saturated heterocycles. The van der Waals surface area contributed by atoms with Gasteiger partial charge in [-0.2, -0.15) is 0 Å². The van der Waals surface area contributed by atoms with Crippen LogP contribution < -0.4 is 0 Å². The largest absolute Gasteiger partial charge is 0.305 e. The van der Waals surface area contributed by atoms with Crippen LogP contribution in [0.2, 0.25) is 0 Å². The lowest BCUT2D eigenvalue weighted by Crippen LogP contribution is -2.29. The minimum absolute atomic E-state index is 0.580. The highest BCUT2D eigenvalue weighted by Gasteiger charge is 2.39. The Bertz CT molecular complexity index is 242. The number of allylic oxidation sites excluding steroid dienone is 1. The van der Waals surface area contributed by atoms with Crippen molar-refractivity contribution in [3.8, 4) is 0 Å². The van der Waals surface area contributed by atoms with Crippen LogP contribution in [0, 0.1) is 5.41 Å². The molecule has 0 bridgehead atoms. The maximum absolute atomic E-state index is 2.49. The molecule has 1 nitrogen and oxygen atoms in total. The zero-order valence-corrected chi connectivity index (χ0v) is 9.19. The maximum Gasteiger partial charge on any atom is 0.00728 e. The molecule has 1 aliphatic heterocycles. The maximum atomic E-state index is 2.49. The Hall–Kier alpha value is -0.300. The van der Waals surface area contributed by atoms with E-state index in [1.165, 1.54) is 38.8 Å².